The Hall–Kier alpha value is -3.37. The molecule has 138 valence electrons. The fourth-order valence-electron chi connectivity index (χ4n) is 4.02. The van der Waals surface area contributed by atoms with Crippen molar-refractivity contribution in [3.8, 4) is 0 Å². The van der Waals surface area contributed by atoms with E-state index in [9.17, 15) is 19.5 Å². The predicted molar refractivity (Wildman–Crippen MR) is 105 cm³/mol. The molecule has 4 rings (SSSR count). The number of aldehydes is 1. The lowest BCUT2D eigenvalue weighted by atomic mass is 9.80. The van der Waals surface area contributed by atoms with E-state index in [1.54, 1.807) is 78.9 Å². The fourth-order valence-corrected chi connectivity index (χ4v) is 4.02. The van der Waals surface area contributed by atoms with Gasteiger partial charge in [0.2, 0.25) is 0 Å². The molecule has 4 nitrogen and oxygen atoms in total. The smallest absolute Gasteiger partial charge is 0.171 e. The molecule has 1 N–H and O–H groups in total. The van der Waals surface area contributed by atoms with Crippen molar-refractivity contribution < 1.29 is 19.5 Å². The van der Waals surface area contributed by atoms with Gasteiger partial charge < -0.3 is 5.11 Å². The molecule has 0 amide bonds. The van der Waals surface area contributed by atoms with Gasteiger partial charge >= 0.3 is 0 Å². The SMILES string of the molecule is O=Cc1ccccc1C(=O)C1c2ccccc2[C@@H](O)[C@@H]1C(=O)c1ccccc1. The van der Waals surface area contributed by atoms with E-state index in [2.05, 4.69) is 0 Å². The van der Waals surface area contributed by atoms with Crippen LogP contribution in [0.3, 0.4) is 0 Å². The molecule has 0 fully saturated rings. The molecule has 4 heteroatoms. The zero-order valence-corrected chi connectivity index (χ0v) is 15.0. The Bertz CT molecular complexity index is 1050. The van der Waals surface area contributed by atoms with E-state index in [0.29, 0.717) is 23.0 Å². The lowest BCUT2D eigenvalue weighted by Gasteiger charge is -2.21. The van der Waals surface area contributed by atoms with Crippen LogP contribution < -0.4 is 0 Å². The molecule has 0 aliphatic heterocycles. The monoisotopic (exact) mass is 370 g/mol. The minimum atomic E-state index is -1.08. The molecule has 28 heavy (non-hydrogen) atoms. The van der Waals surface area contributed by atoms with E-state index in [1.165, 1.54) is 0 Å². The van der Waals surface area contributed by atoms with E-state index in [-0.39, 0.29) is 22.7 Å². The maximum atomic E-state index is 13.5. The second kappa shape index (κ2) is 7.33. The summed E-state index contributed by atoms with van der Waals surface area (Å²) in [5.74, 6) is -2.40. The number of carbonyl (C=O) groups excluding carboxylic acids is 3. The van der Waals surface area contributed by atoms with Crippen molar-refractivity contribution in [1.82, 2.24) is 0 Å². The van der Waals surface area contributed by atoms with Crippen molar-refractivity contribution in [2.24, 2.45) is 5.92 Å². The highest BCUT2D eigenvalue weighted by Gasteiger charge is 2.47. The quantitative estimate of drug-likeness (QED) is 0.544. The molecule has 3 aromatic rings. The summed E-state index contributed by atoms with van der Waals surface area (Å²) in [7, 11) is 0. The first kappa shape index (κ1) is 18.0. The molecule has 3 atom stereocenters. The summed E-state index contributed by atoms with van der Waals surface area (Å²) in [5.41, 5.74) is 2.20. The number of Topliss-reactive ketones (excluding diaryl/α,β-unsaturated/α-hetero) is 2. The van der Waals surface area contributed by atoms with Crippen LogP contribution in [0.25, 0.3) is 0 Å². The highest BCUT2D eigenvalue weighted by molar-refractivity contribution is 6.11. The first-order valence-electron chi connectivity index (χ1n) is 9.08. The van der Waals surface area contributed by atoms with E-state index < -0.39 is 17.9 Å². The third-order valence-corrected chi connectivity index (χ3v) is 5.35. The normalized spacial score (nSPS) is 20.4. The molecular formula is C24H18O4. The van der Waals surface area contributed by atoms with Crippen molar-refractivity contribution >= 4 is 17.9 Å². The highest BCUT2D eigenvalue weighted by atomic mass is 16.3. The van der Waals surface area contributed by atoms with Crippen LogP contribution in [0.1, 0.15) is 54.2 Å². The second-order valence-electron chi connectivity index (χ2n) is 6.88. The molecule has 0 saturated heterocycles. The number of ketones is 2. The van der Waals surface area contributed by atoms with E-state index in [4.69, 9.17) is 0 Å². The van der Waals surface area contributed by atoms with E-state index in [0.717, 1.165) is 0 Å². The molecule has 0 saturated carbocycles. The van der Waals surface area contributed by atoms with Gasteiger partial charge in [-0.15, -0.1) is 0 Å². The Balaban J connectivity index is 1.84. The topological polar surface area (TPSA) is 71.4 Å². The average molecular weight is 370 g/mol. The number of rotatable bonds is 5. The lowest BCUT2D eigenvalue weighted by molar-refractivity contribution is 0.0626. The van der Waals surface area contributed by atoms with Gasteiger partial charge in [0.15, 0.2) is 17.9 Å². The third-order valence-electron chi connectivity index (χ3n) is 5.35. The fraction of sp³-hybridized carbons (Fsp3) is 0.125. The van der Waals surface area contributed by atoms with E-state index >= 15 is 0 Å². The molecule has 0 aromatic heterocycles. The molecular weight excluding hydrogens is 352 g/mol. The van der Waals surface area contributed by atoms with E-state index in [1.807, 2.05) is 0 Å². The van der Waals surface area contributed by atoms with Gasteiger partial charge in [0.05, 0.1) is 17.9 Å². The standard InChI is InChI=1S/C24H18O4/c25-14-16-10-4-5-11-17(16)23(27)20-18-12-6-7-13-19(18)24(28)21(20)22(26)15-8-2-1-3-9-15/h1-14,20-21,24,28H/t20?,21-,24+/m0/s1. The summed E-state index contributed by atoms with van der Waals surface area (Å²) in [6.45, 7) is 0. The van der Waals surface area contributed by atoms with Gasteiger partial charge in [-0.25, -0.2) is 0 Å². The predicted octanol–water partition coefficient (Wildman–Crippen LogP) is 4.01. The van der Waals surface area contributed by atoms with Gasteiger partial charge in [-0.2, -0.15) is 0 Å². The van der Waals surface area contributed by atoms with Crippen molar-refractivity contribution in [2.45, 2.75) is 12.0 Å². The molecule has 0 radical (unpaired) electrons. The van der Waals surface area contributed by atoms with Gasteiger partial charge in [0.1, 0.15) is 0 Å². The van der Waals surface area contributed by atoms with Crippen LogP contribution in [0.2, 0.25) is 0 Å². The molecule has 1 aliphatic carbocycles. The molecule has 3 aromatic carbocycles. The maximum Gasteiger partial charge on any atom is 0.171 e. The summed E-state index contributed by atoms with van der Waals surface area (Å²) in [6.07, 6.45) is -0.445. The summed E-state index contributed by atoms with van der Waals surface area (Å²) in [4.78, 5) is 38.1. The minimum Gasteiger partial charge on any atom is -0.388 e. The Kier molecular flexibility index (Phi) is 4.72. The zero-order chi connectivity index (χ0) is 19.7. The summed E-state index contributed by atoms with van der Waals surface area (Å²) in [5, 5.41) is 10.9. The Labute approximate surface area is 162 Å². The van der Waals surface area contributed by atoms with Gasteiger partial charge in [0, 0.05) is 16.7 Å². The van der Waals surface area contributed by atoms with Crippen LogP contribution in [-0.2, 0) is 0 Å². The average Bonchev–Trinajstić information content (AvgIpc) is 3.06. The van der Waals surface area contributed by atoms with Crippen molar-refractivity contribution in [3.05, 3.63) is 107 Å². The first-order valence-corrected chi connectivity index (χ1v) is 9.08. The van der Waals surface area contributed by atoms with Crippen LogP contribution >= 0.6 is 0 Å². The molecule has 1 aliphatic rings. The summed E-state index contributed by atoms with van der Waals surface area (Å²) in [6, 6.07) is 22.3. The van der Waals surface area contributed by atoms with Crippen molar-refractivity contribution in [2.75, 3.05) is 0 Å². The number of hydrogen-bond donors (Lipinski definition) is 1. The highest BCUT2D eigenvalue weighted by Crippen LogP contribution is 2.48. The van der Waals surface area contributed by atoms with Crippen LogP contribution in [-0.4, -0.2) is 23.0 Å². The zero-order valence-electron chi connectivity index (χ0n) is 15.0. The number of fused-ring (bicyclic) bond motifs is 1. The molecule has 0 spiro atoms. The van der Waals surface area contributed by atoms with Crippen molar-refractivity contribution in [1.29, 1.82) is 0 Å². The van der Waals surface area contributed by atoms with Crippen LogP contribution in [0.4, 0.5) is 0 Å². The van der Waals surface area contributed by atoms with Gasteiger partial charge in [-0.1, -0.05) is 78.9 Å². The lowest BCUT2D eigenvalue weighted by Crippen LogP contribution is -2.28. The van der Waals surface area contributed by atoms with Gasteiger partial charge in [-0.05, 0) is 11.1 Å². The molecule has 0 bridgehead atoms. The minimum absolute atomic E-state index is 0.261. The first-order chi connectivity index (χ1) is 13.6. The maximum absolute atomic E-state index is 13.5. The second-order valence-corrected chi connectivity index (χ2v) is 6.88. The number of hydrogen-bond acceptors (Lipinski definition) is 4. The number of aliphatic hydroxyl groups excluding tert-OH is 1. The summed E-state index contributed by atoms with van der Waals surface area (Å²) >= 11 is 0. The Morgan fingerprint density at radius 3 is 2.07 bits per heavy atom. The van der Waals surface area contributed by atoms with Gasteiger partial charge in [0.25, 0.3) is 0 Å². The van der Waals surface area contributed by atoms with Crippen LogP contribution in [0.15, 0.2) is 78.9 Å². The molecule has 0 heterocycles. The number of aliphatic hydroxyl groups is 1. The van der Waals surface area contributed by atoms with Gasteiger partial charge in [-0.3, -0.25) is 14.4 Å². The Morgan fingerprint density at radius 1 is 0.750 bits per heavy atom. The van der Waals surface area contributed by atoms with Crippen LogP contribution in [0, 0.1) is 5.92 Å². The third kappa shape index (κ3) is 2.88. The number of benzene rings is 3. The largest absolute Gasteiger partial charge is 0.388 e. The molecule has 1 unspecified atom stereocenters. The van der Waals surface area contributed by atoms with Crippen LogP contribution in [0.5, 0.6) is 0 Å². The Morgan fingerprint density at radius 2 is 1.36 bits per heavy atom. The van der Waals surface area contributed by atoms with Crippen molar-refractivity contribution in [3.63, 3.8) is 0 Å². The number of carbonyl (C=O) groups is 3. The summed E-state index contributed by atoms with van der Waals surface area (Å²) < 4.78 is 0.